The maximum Gasteiger partial charge on any atom is 0.201 e. The van der Waals surface area contributed by atoms with Crippen LogP contribution < -0.4 is 5.32 Å². The molecule has 2 aromatic rings. The van der Waals surface area contributed by atoms with Crippen molar-refractivity contribution in [2.75, 3.05) is 18.9 Å². The summed E-state index contributed by atoms with van der Waals surface area (Å²) in [5, 5.41) is 3.42. The number of fused-ring (bicyclic) bond motifs is 1. The number of anilines is 1. The molecule has 19 heavy (non-hydrogen) atoms. The van der Waals surface area contributed by atoms with E-state index in [0.717, 1.165) is 36.4 Å². The number of halogens is 1. The number of aromatic nitrogens is 2. The van der Waals surface area contributed by atoms with Crippen LogP contribution in [0.1, 0.15) is 19.8 Å². The van der Waals surface area contributed by atoms with Crippen molar-refractivity contribution in [3.05, 3.63) is 24.0 Å². The first kappa shape index (κ1) is 12.4. The number of nitrogens with one attached hydrogen (secondary N) is 2. The van der Waals surface area contributed by atoms with Crippen molar-refractivity contribution < 1.29 is 4.39 Å². The molecule has 2 heterocycles. The van der Waals surface area contributed by atoms with Crippen LogP contribution in [-0.4, -0.2) is 40.5 Å². The van der Waals surface area contributed by atoms with E-state index in [1.807, 2.05) is 0 Å². The Morgan fingerprint density at radius 2 is 2.32 bits per heavy atom. The van der Waals surface area contributed by atoms with E-state index in [1.54, 1.807) is 6.07 Å². The van der Waals surface area contributed by atoms with Crippen molar-refractivity contribution in [2.45, 2.75) is 31.8 Å². The van der Waals surface area contributed by atoms with Gasteiger partial charge in [-0.1, -0.05) is 0 Å². The summed E-state index contributed by atoms with van der Waals surface area (Å²) in [4.78, 5) is 9.95. The van der Waals surface area contributed by atoms with Gasteiger partial charge in [0.2, 0.25) is 5.95 Å². The van der Waals surface area contributed by atoms with Crippen molar-refractivity contribution in [1.29, 1.82) is 0 Å². The van der Waals surface area contributed by atoms with Crippen molar-refractivity contribution in [2.24, 2.45) is 0 Å². The minimum absolute atomic E-state index is 0.240. The van der Waals surface area contributed by atoms with Crippen molar-refractivity contribution in [1.82, 2.24) is 14.9 Å². The number of imidazole rings is 1. The van der Waals surface area contributed by atoms with Gasteiger partial charge in [0.15, 0.2) is 0 Å². The summed E-state index contributed by atoms with van der Waals surface area (Å²) >= 11 is 0. The molecule has 1 aromatic carbocycles. The lowest BCUT2D eigenvalue weighted by atomic mass is 9.99. The first-order valence-electron chi connectivity index (χ1n) is 6.74. The van der Waals surface area contributed by atoms with Crippen LogP contribution >= 0.6 is 0 Å². The molecule has 0 bridgehead atoms. The molecule has 5 heteroatoms. The third-order valence-corrected chi connectivity index (χ3v) is 3.99. The van der Waals surface area contributed by atoms with Crippen LogP contribution in [0.25, 0.3) is 11.0 Å². The molecule has 102 valence electrons. The van der Waals surface area contributed by atoms with Gasteiger partial charge < -0.3 is 15.2 Å². The quantitative estimate of drug-likeness (QED) is 0.874. The predicted octanol–water partition coefficient (Wildman–Crippen LogP) is 2.60. The van der Waals surface area contributed by atoms with Gasteiger partial charge in [0.25, 0.3) is 0 Å². The lowest BCUT2D eigenvalue weighted by Crippen LogP contribution is -2.42. The molecular weight excluding hydrogens is 243 g/mol. The molecule has 2 unspecified atom stereocenters. The molecule has 4 nitrogen and oxygen atoms in total. The highest BCUT2D eigenvalue weighted by molar-refractivity contribution is 5.77. The Morgan fingerprint density at radius 3 is 3.11 bits per heavy atom. The maximum atomic E-state index is 13.1. The summed E-state index contributed by atoms with van der Waals surface area (Å²) in [6.07, 6.45) is 2.20. The lowest BCUT2D eigenvalue weighted by Gasteiger charge is -2.35. The van der Waals surface area contributed by atoms with Gasteiger partial charge in [0.05, 0.1) is 11.0 Å². The second kappa shape index (κ2) is 4.81. The Kier molecular flexibility index (Phi) is 3.14. The fourth-order valence-electron chi connectivity index (χ4n) is 2.66. The summed E-state index contributed by atoms with van der Waals surface area (Å²) in [5.74, 6) is 0.498. The fraction of sp³-hybridized carbons (Fsp3) is 0.500. The molecule has 0 aliphatic carbocycles. The largest absolute Gasteiger partial charge is 0.353 e. The third kappa shape index (κ3) is 2.56. The molecule has 0 amide bonds. The number of piperidine rings is 1. The van der Waals surface area contributed by atoms with E-state index >= 15 is 0 Å². The fourth-order valence-corrected chi connectivity index (χ4v) is 2.66. The van der Waals surface area contributed by atoms with Gasteiger partial charge in [-0.2, -0.15) is 0 Å². The number of H-pyrrole nitrogens is 1. The van der Waals surface area contributed by atoms with Crippen molar-refractivity contribution in [3.8, 4) is 0 Å². The molecule has 1 aliphatic rings. The van der Waals surface area contributed by atoms with Gasteiger partial charge in [-0.3, -0.25) is 0 Å². The van der Waals surface area contributed by atoms with E-state index in [9.17, 15) is 4.39 Å². The summed E-state index contributed by atoms with van der Waals surface area (Å²) in [5.41, 5.74) is 1.54. The topological polar surface area (TPSA) is 44.0 Å². The summed E-state index contributed by atoms with van der Waals surface area (Å²) in [7, 11) is 2.16. The average molecular weight is 262 g/mol. The first-order valence-corrected chi connectivity index (χ1v) is 6.74. The van der Waals surface area contributed by atoms with Gasteiger partial charge in [-0.05, 0) is 45.0 Å². The highest BCUT2D eigenvalue weighted by Crippen LogP contribution is 2.21. The first-order chi connectivity index (χ1) is 9.11. The molecular formula is C14H19FN4. The molecule has 1 fully saturated rings. The predicted molar refractivity (Wildman–Crippen MR) is 74.8 cm³/mol. The normalized spacial score (nSPS) is 24.8. The Bertz CT molecular complexity index is 580. The third-order valence-electron chi connectivity index (χ3n) is 3.99. The van der Waals surface area contributed by atoms with E-state index in [2.05, 4.69) is 34.2 Å². The molecule has 1 aliphatic heterocycles. The zero-order chi connectivity index (χ0) is 13.4. The number of likely N-dealkylation sites (tertiary alicyclic amines) is 1. The van der Waals surface area contributed by atoms with Crippen LogP contribution in [0.5, 0.6) is 0 Å². The van der Waals surface area contributed by atoms with Crippen molar-refractivity contribution in [3.63, 3.8) is 0 Å². The minimum atomic E-state index is -0.240. The molecule has 0 spiro atoms. The van der Waals surface area contributed by atoms with Crippen LogP contribution in [0.3, 0.4) is 0 Å². The van der Waals surface area contributed by atoms with Crippen LogP contribution in [0, 0.1) is 5.82 Å². The Morgan fingerprint density at radius 1 is 1.47 bits per heavy atom. The van der Waals surface area contributed by atoms with Gasteiger partial charge in [0.1, 0.15) is 5.82 Å². The van der Waals surface area contributed by atoms with Crippen LogP contribution in [0.4, 0.5) is 10.3 Å². The number of aromatic amines is 1. The number of hydrogen-bond acceptors (Lipinski definition) is 3. The van der Waals surface area contributed by atoms with Crippen LogP contribution in [0.15, 0.2) is 18.2 Å². The second-order valence-corrected chi connectivity index (χ2v) is 5.44. The lowest BCUT2D eigenvalue weighted by molar-refractivity contribution is 0.190. The average Bonchev–Trinajstić information content (AvgIpc) is 2.75. The maximum absolute atomic E-state index is 13.1. The van der Waals surface area contributed by atoms with Gasteiger partial charge in [-0.25, -0.2) is 9.37 Å². The summed E-state index contributed by atoms with van der Waals surface area (Å²) < 4.78 is 13.1. The zero-order valence-corrected chi connectivity index (χ0v) is 11.3. The highest BCUT2D eigenvalue weighted by atomic mass is 19.1. The van der Waals surface area contributed by atoms with Gasteiger partial charge >= 0.3 is 0 Å². The molecule has 2 N–H and O–H groups in total. The Labute approximate surface area is 112 Å². The van der Waals surface area contributed by atoms with Crippen LogP contribution in [0.2, 0.25) is 0 Å². The molecule has 2 atom stereocenters. The SMILES string of the molecule is CC1CC(Nc2nc3ccc(F)cc3[nH]2)CCN1C. The molecule has 3 rings (SSSR count). The van der Waals surface area contributed by atoms with Gasteiger partial charge in [0, 0.05) is 18.6 Å². The highest BCUT2D eigenvalue weighted by Gasteiger charge is 2.23. The summed E-state index contributed by atoms with van der Waals surface area (Å²) in [6, 6.07) is 5.61. The molecule has 0 radical (unpaired) electrons. The molecule has 0 saturated carbocycles. The number of benzene rings is 1. The summed E-state index contributed by atoms with van der Waals surface area (Å²) in [6.45, 7) is 3.33. The number of nitrogens with zero attached hydrogens (tertiary/aromatic N) is 2. The number of rotatable bonds is 2. The second-order valence-electron chi connectivity index (χ2n) is 5.44. The van der Waals surface area contributed by atoms with E-state index < -0.39 is 0 Å². The van der Waals surface area contributed by atoms with Gasteiger partial charge in [-0.15, -0.1) is 0 Å². The number of hydrogen-bond donors (Lipinski definition) is 2. The minimum Gasteiger partial charge on any atom is -0.353 e. The Balaban J connectivity index is 1.74. The van der Waals surface area contributed by atoms with E-state index in [0.29, 0.717) is 12.1 Å². The van der Waals surface area contributed by atoms with Crippen LogP contribution in [-0.2, 0) is 0 Å². The monoisotopic (exact) mass is 262 g/mol. The smallest absolute Gasteiger partial charge is 0.201 e. The van der Waals surface area contributed by atoms with E-state index in [-0.39, 0.29) is 5.82 Å². The molecule has 1 aromatic heterocycles. The van der Waals surface area contributed by atoms with E-state index in [4.69, 9.17) is 0 Å². The van der Waals surface area contributed by atoms with E-state index in [1.165, 1.54) is 12.1 Å². The zero-order valence-electron chi connectivity index (χ0n) is 11.3. The Hall–Kier alpha value is -1.62. The molecule has 1 saturated heterocycles. The van der Waals surface area contributed by atoms with Crippen molar-refractivity contribution >= 4 is 17.0 Å². The standard InChI is InChI=1S/C14H19FN4/c1-9-7-11(5-6-19(9)2)16-14-17-12-4-3-10(15)8-13(12)18-14/h3-4,8-9,11H,5-7H2,1-2H3,(H2,16,17,18).